The Bertz CT molecular complexity index is 280. The molecular formula is C11H16N2O. The summed E-state index contributed by atoms with van der Waals surface area (Å²) in [5.41, 5.74) is 6.35. The number of nitrogens with two attached hydrogens (primary N) is 1. The summed E-state index contributed by atoms with van der Waals surface area (Å²) in [5, 5.41) is 0. The van der Waals surface area contributed by atoms with Gasteiger partial charge >= 0.3 is 0 Å². The lowest BCUT2D eigenvalue weighted by Crippen LogP contribution is -2.00. The van der Waals surface area contributed by atoms with E-state index < -0.39 is 0 Å². The van der Waals surface area contributed by atoms with Crippen molar-refractivity contribution in [2.45, 2.75) is 13.3 Å². The van der Waals surface area contributed by atoms with E-state index in [0.717, 1.165) is 18.7 Å². The van der Waals surface area contributed by atoms with Crippen molar-refractivity contribution in [3.8, 4) is 5.75 Å². The van der Waals surface area contributed by atoms with Gasteiger partial charge in [-0.25, -0.2) is 0 Å². The minimum Gasteiger partial charge on any atom is -0.494 e. The van der Waals surface area contributed by atoms with Gasteiger partial charge in [0, 0.05) is 13.0 Å². The van der Waals surface area contributed by atoms with Crippen LogP contribution in [0.1, 0.15) is 12.0 Å². The topological polar surface area (TPSA) is 47.6 Å². The molecule has 0 aromatic heterocycles. The highest BCUT2D eigenvalue weighted by molar-refractivity contribution is 5.50. The van der Waals surface area contributed by atoms with Gasteiger partial charge in [0.05, 0.1) is 12.9 Å². The van der Waals surface area contributed by atoms with E-state index in [4.69, 9.17) is 10.5 Å². The number of aliphatic imine (C=N–C) groups is 1. The lowest BCUT2D eigenvalue weighted by molar-refractivity contribution is 0.313. The molecule has 0 heterocycles. The zero-order valence-corrected chi connectivity index (χ0v) is 8.44. The number of hydrogen-bond donors (Lipinski definition) is 1. The number of benzene rings is 1. The average molecular weight is 192 g/mol. The molecule has 0 aliphatic heterocycles. The second kappa shape index (κ2) is 6.02. The molecular weight excluding hydrogens is 176 g/mol. The van der Waals surface area contributed by atoms with Crippen LogP contribution in [0.25, 0.3) is 0 Å². The Morgan fingerprint density at radius 2 is 2.07 bits per heavy atom. The quantitative estimate of drug-likeness (QED) is 0.439. The van der Waals surface area contributed by atoms with E-state index >= 15 is 0 Å². The molecule has 2 N–H and O–H groups in total. The fraction of sp³-hybridized carbons (Fsp3) is 0.364. The molecule has 0 aliphatic rings. The number of hydrogen-bond acceptors (Lipinski definition) is 2. The van der Waals surface area contributed by atoms with Crippen molar-refractivity contribution in [2.24, 2.45) is 10.7 Å². The van der Waals surface area contributed by atoms with Crippen LogP contribution in [-0.4, -0.2) is 19.5 Å². The molecule has 0 aliphatic carbocycles. The zero-order chi connectivity index (χ0) is 10.2. The molecule has 0 spiro atoms. The number of ether oxygens (including phenoxy) is 1. The second-order valence-corrected chi connectivity index (χ2v) is 3.07. The average Bonchev–Trinajstić information content (AvgIpc) is 2.21. The Morgan fingerprint density at radius 3 is 2.71 bits per heavy atom. The van der Waals surface area contributed by atoms with Gasteiger partial charge in [-0.2, -0.15) is 0 Å². The zero-order valence-electron chi connectivity index (χ0n) is 8.44. The molecule has 3 heteroatoms. The minimum atomic E-state index is 0.681. The van der Waals surface area contributed by atoms with Gasteiger partial charge in [0.15, 0.2) is 0 Å². The molecule has 0 saturated carbocycles. The molecule has 1 aromatic carbocycles. The van der Waals surface area contributed by atoms with Gasteiger partial charge in [-0.05, 0) is 19.1 Å². The van der Waals surface area contributed by atoms with E-state index in [1.807, 2.05) is 24.3 Å². The highest BCUT2D eigenvalue weighted by atomic mass is 16.5. The van der Waals surface area contributed by atoms with E-state index in [1.165, 1.54) is 11.9 Å². The van der Waals surface area contributed by atoms with Crippen molar-refractivity contribution in [1.82, 2.24) is 0 Å². The van der Waals surface area contributed by atoms with Crippen molar-refractivity contribution >= 4 is 6.34 Å². The first-order valence-electron chi connectivity index (χ1n) is 4.72. The van der Waals surface area contributed by atoms with E-state index in [-0.39, 0.29) is 0 Å². The van der Waals surface area contributed by atoms with Crippen LogP contribution in [0.15, 0.2) is 29.3 Å². The van der Waals surface area contributed by atoms with Gasteiger partial charge in [-0.1, -0.05) is 17.7 Å². The normalized spacial score (nSPS) is 10.6. The highest BCUT2D eigenvalue weighted by Crippen LogP contribution is 2.11. The largest absolute Gasteiger partial charge is 0.494 e. The van der Waals surface area contributed by atoms with Crippen LogP contribution in [0.5, 0.6) is 5.75 Å². The van der Waals surface area contributed by atoms with Crippen LogP contribution in [0.3, 0.4) is 0 Å². The molecule has 0 radical (unpaired) electrons. The molecule has 0 atom stereocenters. The minimum absolute atomic E-state index is 0.681. The summed E-state index contributed by atoms with van der Waals surface area (Å²) in [4.78, 5) is 3.89. The summed E-state index contributed by atoms with van der Waals surface area (Å²) in [6, 6.07) is 8.02. The van der Waals surface area contributed by atoms with Gasteiger partial charge in [-0.15, -0.1) is 0 Å². The fourth-order valence-electron chi connectivity index (χ4n) is 1.05. The predicted molar refractivity (Wildman–Crippen MR) is 58.8 cm³/mol. The molecule has 0 bridgehead atoms. The van der Waals surface area contributed by atoms with E-state index in [9.17, 15) is 0 Å². The van der Waals surface area contributed by atoms with Crippen LogP contribution < -0.4 is 10.5 Å². The van der Waals surface area contributed by atoms with Gasteiger partial charge < -0.3 is 10.5 Å². The van der Waals surface area contributed by atoms with Gasteiger partial charge in [0.2, 0.25) is 0 Å². The molecule has 3 nitrogen and oxygen atoms in total. The van der Waals surface area contributed by atoms with Gasteiger partial charge in [0.25, 0.3) is 0 Å². The van der Waals surface area contributed by atoms with E-state index in [0.29, 0.717) is 6.61 Å². The monoisotopic (exact) mass is 192 g/mol. The maximum atomic E-state index is 5.49. The fourth-order valence-corrected chi connectivity index (χ4v) is 1.05. The Morgan fingerprint density at radius 1 is 1.36 bits per heavy atom. The standard InChI is InChI=1S/C11H16N2O/c1-10-3-5-11(6-4-10)14-8-2-7-13-9-12/h3-6,9H,2,7-8H2,1H3,(H2,12,13). The summed E-state index contributed by atoms with van der Waals surface area (Å²) < 4.78 is 5.49. The molecule has 0 saturated heterocycles. The van der Waals surface area contributed by atoms with Crippen LogP contribution >= 0.6 is 0 Å². The van der Waals surface area contributed by atoms with Crippen LogP contribution in [0.2, 0.25) is 0 Å². The summed E-state index contributed by atoms with van der Waals surface area (Å²) in [6.45, 7) is 3.46. The van der Waals surface area contributed by atoms with Crippen molar-refractivity contribution in [2.75, 3.05) is 13.2 Å². The highest BCUT2D eigenvalue weighted by Gasteiger charge is 1.91. The maximum absolute atomic E-state index is 5.49. The van der Waals surface area contributed by atoms with E-state index in [1.54, 1.807) is 0 Å². The molecule has 0 unspecified atom stereocenters. The molecule has 1 rings (SSSR count). The summed E-state index contributed by atoms with van der Waals surface area (Å²) in [6.07, 6.45) is 2.22. The molecule has 76 valence electrons. The van der Waals surface area contributed by atoms with Crippen LogP contribution in [0.4, 0.5) is 0 Å². The molecule has 0 amide bonds. The molecule has 14 heavy (non-hydrogen) atoms. The first-order chi connectivity index (χ1) is 6.83. The van der Waals surface area contributed by atoms with Crippen molar-refractivity contribution in [1.29, 1.82) is 0 Å². The van der Waals surface area contributed by atoms with Crippen molar-refractivity contribution < 1.29 is 4.74 Å². The Hall–Kier alpha value is -1.51. The lowest BCUT2D eigenvalue weighted by Gasteiger charge is -2.04. The lowest BCUT2D eigenvalue weighted by atomic mass is 10.2. The predicted octanol–water partition coefficient (Wildman–Crippen LogP) is 1.75. The number of aryl methyl sites for hydroxylation is 1. The third-order valence-electron chi connectivity index (χ3n) is 1.83. The van der Waals surface area contributed by atoms with Crippen molar-refractivity contribution in [3.63, 3.8) is 0 Å². The third kappa shape index (κ3) is 3.94. The number of nitrogens with zero attached hydrogens (tertiary/aromatic N) is 1. The summed E-state index contributed by atoms with van der Waals surface area (Å²) >= 11 is 0. The Labute approximate surface area is 84.6 Å². The molecule has 0 fully saturated rings. The van der Waals surface area contributed by atoms with Crippen LogP contribution in [0, 0.1) is 6.92 Å². The first-order valence-corrected chi connectivity index (χ1v) is 4.72. The smallest absolute Gasteiger partial charge is 0.119 e. The second-order valence-electron chi connectivity index (χ2n) is 3.07. The number of rotatable bonds is 5. The summed E-state index contributed by atoms with van der Waals surface area (Å²) in [5.74, 6) is 0.910. The molecule has 1 aromatic rings. The van der Waals surface area contributed by atoms with E-state index in [2.05, 4.69) is 11.9 Å². The SMILES string of the molecule is Cc1ccc(OCCCN=CN)cc1. The maximum Gasteiger partial charge on any atom is 0.119 e. The third-order valence-corrected chi connectivity index (χ3v) is 1.83. The van der Waals surface area contributed by atoms with Crippen molar-refractivity contribution in [3.05, 3.63) is 29.8 Å². The summed E-state index contributed by atoms with van der Waals surface area (Å²) in [7, 11) is 0. The Kier molecular flexibility index (Phi) is 4.55. The Balaban J connectivity index is 2.21. The van der Waals surface area contributed by atoms with Gasteiger partial charge in [0.1, 0.15) is 5.75 Å². The van der Waals surface area contributed by atoms with Crippen LogP contribution in [-0.2, 0) is 0 Å². The van der Waals surface area contributed by atoms with Gasteiger partial charge in [-0.3, -0.25) is 4.99 Å². The first kappa shape index (κ1) is 10.6.